The lowest BCUT2D eigenvalue weighted by Crippen LogP contribution is -1.83. The molecule has 0 radical (unpaired) electrons. The summed E-state index contributed by atoms with van der Waals surface area (Å²) in [6.07, 6.45) is 4.65. The van der Waals surface area contributed by atoms with Crippen LogP contribution in [0.3, 0.4) is 0 Å². The number of benzene rings is 1. The highest BCUT2D eigenvalue weighted by Gasteiger charge is 1.94. The molecule has 1 aromatic carbocycles. The molecule has 0 saturated heterocycles. The number of rotatable bonds is 3. The lowest BCUT2D eigenvalue weighted by molar-refractivity contribution is 0.112. The minimum atomic E-state index is 0.708. The minimum absolute atomic E-state index is 0.708. The van der Waals surface area contributed by atoms with Crippen LogP contribution in [-0.4, -0.2) is 6.29 Å². The quantitative estimate of drug-likeness (QED) is 0.505. The normalized spacial score (nSPS) is 10.2. The van der Waals surface area contributed by atoms with Crippen molar-refractivity contribution in [2.45, 2.75) is 6.92 Å². The molecule has 66 valence electrons. The third-order valence-electron chi connectivity index (χ3n) is 1.67. The second-order valence-electron chi connectivity index (χ2n) is 2.93. The molecule has 13 heavy (non-hydrogen) atoms. The fraction of sp³-hybridized carbons (Fsp3) is 0.0833. The zero-order valence-corrected chi connectivity index (χ0v) is 7.66. The topological polar surface area (TPSA) is 17.1 Å². The first-order valence-corrected chi connectivity index (χ1v) is 4.12. The van der Waals surface area contributed by atoms with Crippen molar-refractivity contribution in [2.24, 2.45) is 0 Å². The summed E-state index contributed by atoms with van der Waals surface area (Å²) in [5.74, 6) is 0. The SMILES string of the molecule is C=C(C)/C=C\c1ccccc1C=O. The number of hydrogen-bond acceptors (Lipinski definition) is 1. The Kier molecular flexibility index (Phi) is 3.21. The van der Waals surface area contributed by atoms with E-state index in [9.17, 15) is 4.79 Å². The molecule has 1 aromatic rings. The van der Waals surface area contributed by atoms with E-state index >= 15 is 0 Å². The summed E-state index contributed by atoms with van der Waals surface area (Å²) >= 11 is 0. The monoisotopic (exact) mass is 172 g/mol. The third kappa shape index (κ3) is 2.71. The highest BCUT2D eigenvalue weighted by molar-refractivity contribution is 5.81. The molecule has 0 heterocycles. The first-order chi connectivity index (χ1) is 6.24. The van der Waals surface area contributed by atoms with Crippen LogP contribution in [0.4, 0.5) is 0 Å². The summed E-state index contributed by atoms with van der Waals surface area (Å²) in [6, 6.07) is 7.46. The van der Waals surface area contributed by atoms with Gasteiger partial charge >= 0.3 is 0 Å². The number of carbonyl (C=O) groups is 1. The van der Waals surface area contributed by atoms with Crippen molar-refractivity contribution in [3.63, 3.8) is 0 Å². The number of allylic oxidation sites excluding steroid dienone is 2. The highest BCUT2D eigenvalue weighted by atomic mass is 16.1. The van der Waals surface area contributed by atoms with Gasteiger partial charge in [0.25, 0.3) is 0 Å². The molecule has 0 amide bonds. The van der Waals surface area contributed by atoms with Crippen molar-refractivity contribution in [1.29, 1.82) is 0 Å². The van der Waals surface area contributed by atoms with Gasteiger partial charge in [0.05, 0.1) is 0 Å². The van der Waals surface area contributed by atoms with Crippen LogP contribution in [-0.2, 0) is 0 Å². The fourth-order valence-electron chi connectivity index (χ4n) is 1.00. The maximum absolute atomic E-state index is 10.6. The average molecular weight is 172 g/mol. The van der Waals surface area contributed by atoms with Gasteiger partial charge in [-0.25, -0.2) is 0 Å². The molecule has 1 rings (SSSR count). The van der Waals surface area contributed by atoms with Gasteiger partial charge in [0.15, 0.2) is 6.29 Å². The molecule has 0 atom stereocenters. The van der Waals surface area contributed by atoms with E-state index in [0.717, 1.165) is 17.4 Å². The van der Waals surface area contributed by atoms with Crippen LogP contribution in [0.1, 0.15) is 22.8 Å². The van der Waals surface area contributed by atoms with Crippen molar-refractivity contribution < 1.29 is 4.79 Å². The first kappa shape index (κ1) is 9.46. The van der Waals surface area contributed by atoms with Crippen molar-refractivity contribution in [2.75, 3.05) is 0 Å². The van der Waals surface area contributed by atoms with Crippen LogP contribution >= 0.6 is 0 Å². The second-order valence-corrected chi connectivity index (χ2v) is 2.93. The van der Waals surface area contributed by atoms with Crippen molar-refractivity contribution in [1.82, 2.24) is 0 Å². The van der Waals surface area contributed by atoms with Crippen LogP contribution in [0, 0.1) is 0 Å². The maximum atomic E-state index is 10.6. The molecule has 0 aliphatic carbocycles. The van der Waals surface area contributed by atoms with Crippen LogP contribution in [0.25, 0.3) is 6.08 Å². The lowest BCUT2D eigenvalue weighted by Gasteiger charge is -1.96. The van der Waals surface area contributed by atoms with Crippen LogP contribution in [0.15, 0.2) is 42.5 Å². The molecule has 0 saturated carbocycles. The lowest BCUT2D eigenvalue weighted by atomic mass is 10.1. The van der Waals surface area contributed by atoms with Gasteiger partial charge in [-0.05, 0) is 12.5 Å². The van der Waals surface area contributed by atoms with Gasteiger partial charge in [0.2, 0.25) is 0 Å². The molecule has 0 aliphatic heterocycles. The zero-order chi connectivity index (χ0) is 9.68. The summed E-state index contributed by atoms with van der Waals surface area (Å²) in [7, 11) is 0. The Morgan fingerprint density at radius 1 is 1.31 bits per heavy atom. The van der Waals surface area contributed by atoms with E-state index < -0.39 is 0 Å². The summed E-state index contributed by atoms with van der Waals surface area (Å²) in [5.41, 5.74) is 2.61. The predicted octanol–water partition coefficient (Wildman–Crippen LogP) is 3.09. The minimum Gasteiger partial charge on any atom is -0.298 e. The summed E-state index contributed by atoms with van der Waals surface area (Å²) in [6.45, 7) is 5.67. The van der Waals surface area contributed by atoms with Gasteiger partial charge in [-0.3, -0.25) is 4.79 Å². The van der Waals surface area contributed by atoms with E-state index in [2.05, 4.69) is 6.58 Å². The molecule has 0 spiro atoms. The van der Waals surface area contributed by atoms with E-state index in [1.165, 1.54) is 0 Å². The number of aldehydes is 1. The van der Waals surface area contributed by atoms with Gasteiger partial charge in [0, 0.05) is 5.56 Å². The van der Waals surface area contributed by atoms with Gasteiger partial charge in [-0.1, -0.05) is 48.6 Å². The smallest absolute Gasteiger partial charge is 0.150 e. The number of carbonyl (C=O) groups excluding carboxylic acids is 1. The van der Waals surface area contributed by atoms with Gasteiger partial charge in [-0.15, -0.1) is 0 Å². The molecular formula is C12H12O. The predicted molar refractivity (Wildman–Crippen MR) is 55.7 cm³/mol. The van der Waals surface area contributed by atoms with E-state index in [-0.39, 0.29) is 0 Å². The Hall–Kier alpha value is -1.63. The molecule has 1 nitrogen and oxygen atoms in total. The van der Waals surface area contributed by atoms with E-state index in [1.54, 1.807) is 6.07 Å². The van der Waals surface area contributed by atoms with Crippen LogP contribution in [0.2, 0.25) is 0 Å². The molecular weight excluding hydrogens is 160 g/mol. The van der Waals surface area contributed by atoms with Crippen LogP contribution in [0.5, 0.6) is 0 Å². The molecule has 1 heteroatoms. The molecule has 0 aromatic heterocycles. The summed E-state index contributed by atoms with van der Waals surface area (Å²) < 4.78 is 0. The summed E-state index contributed by atoms with van der Waals surface area (Å²) in [4.78, 5) is 10.6. The Morgan fingerprint density at radius 2 is 1.92 bits per heavy atom. The summed E-state index contributed by atoms with van der Waals surface area (Å²) in [5, 5.41) is 0. The highest BCUT2D eigenvalue weighted by Crippen LogP contribution is 2.09. The zero-order valence-electron chi connectivity index (χ0n) is 7.66. The fourth-order valence-corrected chi connectivity index (χ4v) is 1.00. The Morgan fingerprint density at radius 3 is 2.46 bits per heavy atom. The Labute approximate surface area is 78.4 Å². The van der Waals surface area contributed by atoms with Crippen LogP contribution < -0.4 is 0 Å². The second kappa shape index (κ2) is 4.41. The molecule has 0 bridgehead atoms. The van der Waals surface area contributed by atoms with Gasteiger partial charge < -0.3 is 0 Å². The van der Waals surface area contributed by atoms with Crippen molar-refractivity contribution in [3.8, 4) is 0 Å². The Bertz CT molecular complexity index is 348. The molecule has 0 fully saturated rings. The van der Waals surface area contributed by atoms with Gasteiger partial charge in [0.1, 0.15) is 0 Å². The Balaban J connectivity index is 3.00. The van der Waals surface area contributed by atoms with E-state index in [1.807, 2.05) is 37.3 Å². The molecule has 0 unspecified atom stereocenters. The van der Waals surface area contributed by atoms with E-state index in [0.29, 0.717) is 5.56 Å². The standard InChI is InChI=1S/C12H12O/c1-10(2)7-8-11-5-3-4-6-12(11)9-13/h3-9H,1H2,2H3/b8-7-. The van der Waals surface area contributed by atoms with Gasteiger partial charge in [-0.2, -0.15) is 0 Å². The largest absolute Gasteiger partial charge is 0.298 e. The first-order valence-electron chi connectivity index (χ1n) is 4.12. The average Bonchev–Trinajstić information content (AvgIpc) is 2.15. The molecule has 0 aliphatic rings. The maximum Gasteiger partial charge on any atom is 0.150 e. The van der Waals surface area contributed by atoms with Crippen molar-refractivity contribution in [3.05, 3.63) is 53.6 Å². The molecule has 0 N–H and O–H groups in total. The third-order valence-corrected chi connectivity index (χ3v) is 1.67. The number of hydrogen-bond donors (Lipinski definition) is 0. The van der Waals surface area contributed by atoms with Crippen molar-refractivity contribution >= 4 is 12.4 Å². The van der Waals surface area contributed by atoms with E-state index in [4.69, 9.17) is 0 Å².